The minimum absolute atomic E-state index is 0.00864. The minimum Gasteiger partial charge on any atom is -0.494 e. The standard InChI is InChI=1S/C17H19NO2S/c1-3-20-15-9-7-14(8-10-15)18-17(19)12-21-16-6-4-5-13(2)11-16/h4-11H,3,12H2,1-2H3,(H,18,19). The predicted molar refractivity (Wildman–Crippen MR) is 88.1 cm³/mol. The van der Waals surface area contributed by atoms with Gasteiger partial charge in [-0.3, -0.25) is 4.79 Å². The van der Waals surface area contributed by atoms with Gasteiger partial charge in [-0.25, -0.2) is 0 Å². The maximum Gasteiger partial charge on any atom is 0.234 e. The van der Waals surface area contributed by atoms with Gasteiger partial charge in [-0.2, -0.15) is 0 Å². The quantitative estimate of drug-likeness (QED) is 0.815. The van der Waals surface area contributed by atoms with Crippen molar-refractivity contribution < 1.29 is 9.53 Å². The number of nitrogens with one attached hydrogen (secondary N) is 1. The molecule has 0 saturated heterocycles. The second-order valence-corrected chi connectivity index (χ2v) is 5.66. The number of amides is 1. The van der Waals surface area contributed by atoms with Gasteiger partial charge in [-0.05, 0) is 50.2 Å². The molecule has 2 aromatic carbocycles. The van der Waals surface area contributed by atoms with Gasteiger partial charge in [-0.15, -0.1) is 11.8 Å². The Kier molecular flexibility index (Phi) is 5.69. The van der Waals surface area contributed by atoms with E-state index in [-0.39, 0.29) is 5.91 Å². The molecule has 0 unspecified atom stereocenters. The van der Waals surface area contributed by atoms with E-state index in [0.29, 0.717) is 12.4 Å². The van der Waals surface area contributed by atoms with Crippen molar-refractivity contribution in [3.63, 3.8) is 0 Å². The average molecular weight is 301 g/mol. The zero-order chi connectivity index (χ0) is 15.1. The van der Waals surface area contributed by atoms with Crippen molar-refractivity contribution in [1.82, 2.24) is 0 Å². The lowest BCUT2D eigenvalue weighted by Gasteiger charge is -2.07. The van der Waals surface area contributed by atoms with E-state index >= 15 is 0 Å². The van der Waals surface area contributed by atoms with Crippen LogP contribution in [0.4, 0.5) is 5.69 Å². The smallest absolute Gasteiger partial charge is 0.234 e. The zero-order valence-corrected chi connectivity index (χ0v) is 13.1. The Bertz CT molecular complexity index is 596. The highest BCUT2D eigenvalue weighted by molar-refractivity contribution is 8.00. The number of thioether (sulfide) groups is 1. The molecular weight excluding hydrogens is 282 g/mol. The minimum atomic E-state index is -0.00864. The molecule has 110 valence electrons. The van der Waals surface area contributed by atoms with Gasteiger partial charge in [0.05, 0.1) is 12.4 Å². The molecule has 0 spiro atoms. The maximum atomic E-state index is 11.9. The second-order valence-electron chi connectivity index (χ2n) is 4.61. The summed E-state index contributed by atoms with van der Waals surface area (Å²) in [5.41, 5.74) is 1.99. The lowest BCUT2D eigenvalue weighted by Crippen LogP contribution is -2.13. The topological polar surface area (TPSA) is 38.3 Å². The molecule has 3 nitrogen and oxygen atoms in total. The van der Waals surface area contributed by atoms with Crippen molar-refractivity contribution in [1.29, 1.82) is 0 Å². The molecular formula is C17H19NO2S. The van der Waals surface area contributed by atoms with Gasteiger partial charge < -0.3 is 10.1 Å². The first kappa shape index (κ1) is 15.4. The lowest BCUT2D eigenvalue weighted by molar-refractivity contribution is -0.113. The van der Waals surface area contributed by atoms with Gasteiger partial charge in [0.1, 0.15) is 5.75 Å². The summed E-state index contributed by atoms with van der Waals surface area (Å²) in [6.45, 7) is 4.63. The van der Waals surface area contributed by atoms with E-state index in [4.69, 9.17) is 4.74 Å². The van der Waals surface area contributed by atoms with Crippen LogP contribution >= 0.6 is 11.8 Å². The number of hydrogen-bond donors (Lipinski definition) is 1. The maximum absolute atomic E-state index is 11.9. The van der Waals surface area contributed by atoms with E-state index in [2.05, 4.69) is 11.4 Å². The molecule has 0 aromatic heterocycles. The van der Waals surface area contributed by atoms with E-state index in [1.54, 1.807) is 0 Å². The molecule has 1 amide bonds. The first-order valence-electron chi connectivity index (χ1n) is 6.89. The zero-order valence-electron chi connectivity index (χ0n) is 12.3. The Morgan fingerprint density at radius 3 is 2.62 bits per heavy atom. The van der Waals surface area contributed by atoms with Crippen LogP contribution in [0, 0.1) is 6.92 Å². The van der Waals surface area contributed by atoms with Crippen LogP contribution in [0.15, 0.2) is 53.4 Å². The van der Waals surface area contributed by atoms with Crippen molar-refractivity contribution >= 4 is 23.4 Å². The summed E-state index contributed by atoms with van der Waals surface area (Å²) in [6, 6.07) is 15.5. The van der Waals surface area contributed by atoms with Crippen LogP contribution in [0.2, 0.25) is 0 Å². The Morgan fingerprint density at radius 1 is 1.19 bits per heavy atom. The van der Waals surface area contributed by atoms with Gasteiger partial charge in [0.2, 0.25) is 5.91 Å². The molecule has 0 fully saturated rings. The fourth-order valence-corrected chi connectivity index (χ4v) is 2.67. The summed E-state index contributed by atoms with van der Waals surface area (Å²) in [7, 11) is 0. The summed E-state index contributed by atoms with van der Waals surface area (Å²) in [5.74, 6) is 1.20. The van der Waals surface area contributed by atoms with E-state index in [1.165, 1.54) is 17.3 Å². The fraction of sp³-hybridized carbons (Fsp3) is 0.235. The van der Waals surface area contributed by atoms with Crippen molar-refractivity contribution in [2.24, 2.45) is 0 Å². The van der Waals surface area contributed by atoms with Gasteiger partial charge in [0, 0.05) is 10.6 Å². The third-order valence-electron chi connectivity index (χ3n) is 2.81. The molecule has 2 aromatic rings. The molecule has 2 rings (SSSR count). The summed E-state index contributed by atoms with van der Waals surface area (Å²) < 4.78 is 5.37. The number of hydrogen-bond acceptors (Lipinski definition) is 3. The molecule has 0 radical (unpaired) electrons. The van der Waals surface area contributed by atoms with Crippen LogP contribution in [0.3, 0.4) is 0 Å². The van der Waals surface area contributed by atoms with Crippen LogP contribution in [0.25, 0.3) is 0 Å². The van der Waals surface area contributed by atoms with Crippen LogP contribution < -0.4 is 10.1 Å². The van der Waals surface area contributed by atoms with Crippen molar-refractivity contribution in [2.45, 2.75) is 18.7 Å². The largest absolute Gasteiger partial charge is 0.494 e. The van der Waals surface area contributed by atoms with Crippen LogP contribution in [-0.4, -0.2) is 18.3 Å². The molecule has 0 atom stereocenters. The third-order valence-corrected chi connectivity index (χ3v) is 3.80. The highest BCUT2D eigenvalue weighted by atomic mass is 32.2. The number of carbonyl (C=O) groups excluding carboxylic acids is 1. The van der Waals surface area contributed by atoms with Crippen LogP contribution in [0.1, 0.15) is 12.5 Å². The molecule has 0 heterocycles. The van der Waals surface area contributed by atoms with Crippen molar-refractivity contribution in [3.8, 4) is 5.75 Å². The molecule has 1 N–H and O–H groups in total. The predicted octanol–water partition coefficient (Wildman–Crippen LogP) is 4.12. The first-order chi connectivity index (χ1) is 10.2. The average Bonchev–Trinajstić information content (AvgIpc) is 2.48. The number of carbonyl (C=O) groups is 1. The summed E-state index contributed by atoms with van der Waals surface area (Å²) in [6.07, 6.45) is 0. The Morgan fingerprint density at radius 2 is 1.95 bits per heavy atom. The van der Waals surface area contributed by atoms with Crippen LogP contribution in [-0.2, 0) is 4.79 Å². The molecule has 21 heavy (non-hydrogen) atoms. The number of rotatable bonds is 6. The third kappa shape index (κ3) is 5.16. The molecule has 0 aliphatic rings. The highest BCUT2D eigenvalue weighted by Crippen LogP contribution is 2.20. The van der Waals surface area contributed by atoms with Gasteiger partial charge in [0.15, 0.2) is 0 Å². The summed E-state index contributed by atoms with van der Waals surface area (Å²) in [5, 5.41) is 2.88. The first-order valence-corrected chi connectivity index (χ1v) is 7.88. The Hall–Kier alpha value is -1.94. The van der Waals surface area contributed by atoms with E-state index in [0.717, 1.165) is 16.3 Å². The molecule has 0 bridgehead atoms. The van der Waals surface area contributed by atoms with Crippen LogP contribution in [0.5, 0.6) is 5.75 Å². The SMILES string of the molecule is CCOc1ccc(NC(=O)CSc2cccc(C)c2)cc1. The number of ether oxygens (including phenoxy) is 1. The number of anilines is 1. The summed E-state index contributed by atoms with van der Waals surface area (Å²) in [4.78, 5) is 13.0. The van der Waals surface area contributed by atoms with Crippen molar-refractivity contribution in [2.75, 3.05) is 17.7 Å². The van der Waals surface area contributed by atoms with Gasteiger partial charge >= 0.3 is 0 Å². The molecule has 4 heteroatoms. The molecule has 0 aliphatic carbocycles. The van der Waals surface area contributed by atoms with Crippen molar-refractivity contribution in [3.05, 3.63) is 54.1 Å². The number of aryl methyl sites for hydroxylation is 1. The monoisotopic (exact) mass is 301 g/mol. The summed E-state index contributed by atoms with van der Waals surface area (Å²) >= 11 is 1.54. The molecule has 0 saturated carbocycles. The van der Waals surface area contributed by atoms with Gasteiger partial charge in [-0.1, -0.05) is 17.7 Å². The van der Waals surface area contributed by atoms with Gasteiger partial charge in [0.25, 0.3) is 0 Å². The highest BCUT2D eigenvalue weighted by Gasteiger charge is 2.04. The second kappa shape index (κ2) is 7.74. The Balaban J connectivity index is 1.84. The normalized spacial score (nSPS) is 10.2. The lowest BCUT2D eigenvalue weighted by atomic mass is 10.2. The number of benzene rings is 2. The van der Waals surface area contributed by atoms with E-state index < -0.39 is 0 Å². The fourth-order valence-electron chi connectivity index (χ4n) is 1.85. The molecule has 0 aliphatic heterocycles. The van der Waals surface area contributed by atoms with E-state index in [1.807, 2.05) is 56.3 Å². The Labute approximate surface area is 129 Å². The van der Waals surface area contributed by atoms with E-state index in [9.17, 15) is 4.79 Å².